The van der Waals surface area contributed by atoms with E-state index in [0.717, 1.165) is 24.2 Å². The Morgan fingerprint density at radius 3 is 2.63 bits per heavy atom. The number of thioether (sulfide) groups is 1. The minimum atomic E-state index is -0.985. The van der Waals surface area contributed by atoms with Crippen LogP contribution < -0.4 is 4.74 Å². The van der Waals surface area contributed by atoms with Crippen LogP contribution in [0.3, 0.4) is 0 Å². The van der Waals surface area contributed by atoms with E-state index in [-0.39, 0.29) is 11.5 Å². The molecule has 1 amide bonds. The highest BCUT2D eigenvalue weighted by atomic mass is 32.2. The van der Waals surface area contributed by atoms with Gasteiger partial charge in [0.1, 0.15) is 5.75 Å². The zero-order valence-corrected chi connectivity index (χ0v) is 17.8. The summed E-state index contributed by atoms with van der Waals surface area (Å²) in [6.45, 7) is 5.18. The largest absolute Gasteiger partial charge is 0.494 e. The molecule has 1 N–H and O–H groups in total. The molecule has 0 aromatic heterocycles. The maximum Gasteiger partial charge on any atom is 0.335 e. The Kier molecular flexibility index (Phi) is 7.30. The van der Waals surface area contributed by atoms with Gasteiger partial charge < -0.3 is 9.84 Å². The molecule has 1 saturated heterocycles. The van der Waals surface area contributed by atoms with Gasteiger partial charge in [-0.15, -0.1) is 0 Å². The molecule has 3 rings (SSSR count). The molecule has 0 aliphatic carbocycles. The monoisotopic (exact) mass is 424 g/mol. The molecular formula is C23H24N2O4S. The third kappa shape index (κ3) is 5.30. The Hall–Kier alpha value is -3.06. The number of carboxylic acids is 1. The highest BCUT2D eigenvalue weighted by Gasteiger charge is 2.32. The number of amidine groups is 1. The minimum Gasteiger partial charge on any atom is -0.494 e. The number of likely N-dealkylation sites (N-methyl/N-ethyl adjacent to an activating group) is 1. The van der Waals surface area contributed by atoms with E-state index < -0.39 is 5.97 Å². The van der Waals surface area contributed by atoms with Crippen molar-refractivity contribution < 1.29 is 19.4 Å². The summed E-state index contributed by atoms with van der Waals surface area (Å²) in [5.41, 5.74) is 1.69. The second kappa shape index (κ2) is 10.1. The summed E-state index contributed by atoms with van der Waals surface area (Å²) < 4.78 is 5.75. The van der Waals surface area contributed by atoms with Crippen LogP contribution in [0, 0.1) is 0 Å². The molecule has 1 aliphatic heterocycles. The zero-order chi connectivity index (χ0) is 21.5. The molecule has 7 heteroatoms. The molecule has 6 nitrogen and oxygen atoms in total. The molecule has 0 saturated carbocycles. The highest BCUT2D eigenvalue weighted by Crippen LogP contribution is 2.34. The van der Waals surface area contributed by atoms with Crippen molar-refractivity contribution in [2.24, 2.45) is 4.99 Å². The molecule has 1 aliphatic rings. The molecular weight excluding hydrogens is 400 g/mol. The van der Waals surface area contributed by atoms with E-state index in [1.165, 1.54) is 23.9 Å². The van der Waals surface area contributed by atoms with Crippen molar-refractivity contribution in [1.82, 2.24) is 4.90 Å². The highest BCUT2D eigenvalue weighted by molar-refractivity contribution is 8.18. The molecule has 1 fully saturated rings. The van der Waals surface area contributed by atoms with Crippen molar-refractivity contribution in [3.63, 3.8) is 0 Å². The van der Waals surface area contributed by atoms with Crippen LogP contribution in [0.5, 0.6) is 5.75 Å². The van der Waals surface area contributed by atoms with Gasteiger partial charge in [-0.05, 0) is 73.1 Å². The van der Waals surface area contributed by atoms with Crippen molar-refractivity contribution in [3.8, 4) is 5.75 Å². The second-order valence-electron chi connectivity index (χ2n) is 6.68. The van der Waals surface area contributed by atoms with E-state index in [9.17, 15) is 9.59 Å². The Morgan fingerprint density at radius 2 is 1.97 bits per heavy atom. The van der Waals surface area contributed by atoms with E-state index in [1.807, 2.05) is 37.3 Å². The molecule has 0 bridgehead atoms. The molecule has 2 aromatic carbocycles. The van der Waals surface area contributed by atoms with Gasteiger partial charge in [0.25, 0.3) is 5.91 Å². The fraction of sp³-hybridized carbons (Fsp3) is 0.261. The standard InChI is InChI=1S/C23H24N2O4S/c1-3-5-13-29-19-8-6-7-16(14-19)15-20-21(26)25(4-2)23(30-20)24-18-11-9-17(10-12-18)22(27)28/h6-12,14-15H,3-5,13H2,1-2H3,(H,27,28)/b20-15+,24-23?. The predicted molar refractivity (Wildman–Crippen MR) is 120 cm³/mol. The number of carbonyl (C=O) groups excluding carboxylic acids is 1. The Balaban J connectivity index is 1.81. The third-order valence-electron chi connectivity index (χ3n) is 4.47. The first-order chi connectivity index (χ1) is 14.5. The quantitative estimate of drug-likeness (QED) is 0.466. The van der Waals surface area contributed by atoms with Crippen LogP contribution in [0.25, 0.3) is 6.08 Å². The van der Waals surface area contributed by atoms with Crippen molar-refractivity contribution >= 4 is 40.6 Å². The van der Waals surface area contributed by atoms with Crippen LogP contribution in [0.2, 0.25) is 0 Å². The summed E-state index contributed by atoms with van der Waals surface area (Å²) in [6.07, 6.45) is 3.92. The number of nitrogens with zero attached hydrogens (tertiary/aromatic N) is 2. The lowest BCUT2D eigenvalue weighted by atomic mass is 10.2. The zero-order valence-electron chi connectivity index (χ0n) is 17.0. The van der Waals surface area contributed by atoms with Crippen molar-refractivity contribution in [1.29, 1.82) is 0 Å². The Bertz CT molecular complexity index is 983. The number of aliphatic imine (C=N–C) groups is 1. The van der Waals surface area contributed by atoms with Crippen LogP contribution in [-0.4, -0.2) is 40.2 Å². The van der Waals surface area contributed by atoms with Gasteiger partial charge in [0, 0.05) is 6.54 Å². The lowest BCUT2D eigenvalue weighted by Gasteiger charge is -2.12. The SMILES string of the molecule is CCCCOc1cccc(/C=C2/SC(=Nc3ccc(C(=O)O)cc3)N(CC)C2=O)c1. The number of carbonyl (C=O) groups is 2. The fourth-order valence-electron chi connectivity index (χ4n) is 2.84. The summed E-state index contributed by atoms with van der Waals surface area (Å²) in [5, 5.41) is 9.60. The average Bonchev–Trinajstić information content (AvgIpc) is 3.03. The normalized spacial score (nSPS) is 16.5. The Labute approximate surface area is 180 Å². The molecule has 0 radical (unpaired) electrons. The summed E-state index contributed by atoms with van der Waals surface area (Å²) in [4.78, 5) is 30.6. The topological polar surface area (TPSA) is 79.2 Å². The van der Waals surface area contributed by atoms with Crippen molar-refractivity contribution in [2.45, 2.75) is 26.7 Å². The number of aromatic carboxylic acids is 1. The number of benzene rings is 2. The molecule has 0 atom stereocenters. The third-order valence-corrected chi connectivity index (χ3v) is 5.47. The first-order valence-corrected chi connectivity index (χ1v) is 10.7. The first kappa shape index (κ1) is 21.6. The van der Waals surface area contributed by atoms with Crippen LogP contribution in [-0.2, 0) is 4.79 Å². The number of hydrogen-bond donors (Lipinski definition) is 1. The maximum absolute atomic E-state index is 12.8. The van der Waals surface area contributed by atoms with Gasteiger partial charge in [0.05, 0.1) is 22.8 Å². The second-order valence-corrected chi connectivity index (χ2v) is 7.69. The summed E-state index contributed by atoms with van der Waals surface area (Å²) in [7, 11) is 0. The van der Waals surface area contributed by atoms with Gasteiger partial charge in [-0.1, -0.05) is 25.5 Å². The van der Waals surface area contributed by atoms with Gasteiger partial charge >= 0.3 is 5.97 Å². The average molecular weight is 425 g/mol. The van der Waals surface area contributed by atoms with Crippen molar-refractivity contribution in [3.05, 3.63) is 64.6 Å². The van der Waals surface area contributed by atoms with E-state index in [2.05, 4.69) is 11.9 Å². The molecule has 0 unspecified atom stereocenters. The Morgan fingerprint density at radius 1 is 1.20 bits per heavy atom. The summed E-state index contributed by atoms with van der Waals surface area (Å²) in [5.74, 6) is -0.297. The van der Waals surface area contributed by atoms with E-state index in [4.69, 9.17) is 9.84 Å². The fourth-order valence-corrected chi connectivity index (χ4v) is 3.90. The van der Waals surface area contributed by atoms with E-state index in [1.54, 1.807) is 17.0 Å². The molecule has 156 valence electrons. The van der Waals surface area contributed by atoms with Gasteiger partial charge in [-0.3, -0.25) is 9.69 Å². The summed E-state index contributed by atoms with van der Waals surface area (Å²) in [6, 6.07) is 13.9. The van der Waals surface area contributed by atoms with Crippen LogP contribution in [0.1, 0.15) is 42.6 Å². The molecule has 1 heterocycles. The minimum absolute atomic E-state index is 0.0966. The van der Waals surface area contributed by atoms with Crippen molar-refractivity contribution in [2.75, 3.05) is 13.2 Å². The number of hydrogen-bond acceptors (Lipinski definition) is 5. The maximum atomic E-state index is 12.8. The number of amides is 1. The smallest absolute Gasteiger partial charge is 0.335 e. The molecule has 0 spiro atoms. The molecule has 30 heavy (non-hydrogen) atoms. The van der Waals surface area contributed by atoms with E-state index in [0.29, 0.717) is 28.9 Å². The lowest BCUT2D eigenvalue weighted by Crippen LogP contribution is -2.28. The predicted octanol–water partition coefficient (Wildman–Crippen LogP) is 5.19. The van der Waals surface area contributed by atoms with Gasteiger partial charge in [0.15, 0.2) is 5.17 Å². The summed E-state index contributed by atoms with van der Waals surface area (Å²) >= 11 is 1.31. The molecule has 2 aromatic rings. The van der Waals surface area contributed by atoms with Crippen LogP contribution in [0.4, 0.5) is 5.69 Å². The van der Waals surface area contributed by atoms with Crippen LogP contribution >= 0.6 is 11.8 Å². The van der Waals surface area contributed by atoms with Gasteiger partial charge in [-0.25, -0.2) is 9.79 Å². The number of unbranched alkanes of at least 4 members (excludes halogenated alkanes) is 1. The first-order valence-electron chi connectivity index (χ1n) is 9.88. The number of ether oxygens (including phenoxy) is 1. The van der Waals surface area contributed by atoms with Crippen LogP contribution in [0.15, 0.2) is 58.4 Å². The van der Waals surface area contributed by atoms with E-state index >= 15 is 0 Å². The number of carboxylic acid groups (broad SMARTS) is 1. The van der Waals surface area contributed by atoms with Gasteiger partial charge in [0.2, 0.25) is 0 Å². The lowest BCUT2D eigenvalue weighted by molar-refractivity contribution is -0.122. The number of rotatable bonds is 8. The van der Waals surface area contributed by atoms with Gasteiger partial charge in [-0.2, -0.15) is 0 Å².